The summed E-state index contributed by atoms with van der Waals surface area (Å²) < 4.78 is 33.0. The first kappa shape index (κ1) is 19.5. The number of rotatable bonds is 6. The third kappa shape index (κ3) is 4.22. The second kappa shape index (κ2) is 7.58. The highest BCUT2D eigenvalue weighted by Gasteiger charge is 2.25. The van der Waals surface area contributed by atoms with E-state index in [-0.39, 0.29) is 5.92 Å². The molecule has 2 rings (SSSR count). The highest BCUT2D eigenvalue weighted by atomic mass is 32.2. The van der Waals surface area contributed by atoms with E-state index in [2.05, 4.69) is 0 Å². The maximum Gasteiger partial charge on any atom is 0.243 e. The standard InChI is InChI=1S/C20H27NO3S/c1-14(2)18-12-20(16(4)11-19(18)24-6)25(22,23)21(5)13-17-9-7-15(3)8-10-17/h7-12,14H,13H2,1-6H3. The first-order valence-corrected chi connectivity index (χ1v) is 9.81. The van der Waals surface area contributed by atoms with Crippen LogP contribution in [-0.4, -0.2) is 26.9 Å². The Bertz CT molecular complexity index is 840. The van der Waals surface area contributed by atoms with Gasteiger partial charge in [0, 0.05) is 13.6 Å². The molecule has 0 aliphatic heterocycles. The van der Waals surface area contributed by atoms with Gasteiger partial charge in [0.1, 0.15) is 5.75 Å². The van der Waals surface area contributed by atoms with E-state index in [9.17, 15) is 8.42 Å². The predicted octanol–water partition coefficient (Wildman–Crippen LogP) is 4.26. The summed E-state index contributed by atoms with van der Waals surface area (Å²) in [6.45, 7) is 8.21. The van der Waals surface area contributed by atoms with Gasteiger partial charge in [-0.3, -0.25) is 0 Å². The minimum atomic E-state index is -3.58. The molecule has 0 heterocycles. The van der Waals surface area contributed by atoms with Crippen LogP contribution in [0.5, 0.6) is 5.75 Å². The third-order valence-corrected chi connectivity index (χ3v) is 6.31. The zero-order chi connectivity index (χ0) is 18.8. The number of methoxy groups -OCH3 is 1. The number of sulfonamides is 1. The van der Waals surface area contributed by atoms with Crippen LogP contribution in [0.4, 0.5) is 0 Å². The molecule has 0 spiro atoms. The van der Waals surface area contributed by atoms with Gasteiger partial charge in [0.05, 0.1) is 12.0 Å². The summed E-state index contributed by atoms with van der Waals surface area (Å²) >= 11 is 0. The predicted molar refractivity (Wildman–Crippen MR) is 102 cm³/mol. The lowest BCUT2D eigenvalue weighted by Crippen LogP contribution is -2.27. The molecule has 4 nitrogen and oxygen atoms in total. The van der Waals surface area contributed by atoms with Crippen molar-refractivity contribution in [3.8, 4) is 5.75 Å². The summed E-state index contributed by atoms with van der Waals surface area (Å²) in [6, 6.07) is 11.5. The van der Waals surface area contributed by atoms with Crippen molar-refractivity contribution in [3.05, 3.63) is 58.7 Å². The SMILES string of the molecule is COc1cc(C)c(S(=O)(=O)N(C)Cc2ccc(C)cc2)cc1C(C)C. The van der Waals surface area contributed by atoms with Gasteiger partial charge in [0.25, 0.3) is 0 Å². The van der Waals surface area contributed by atoms with Crippen LogP contribution >= 0.6 is 0 Å². The molecule has 25 heavy (non-hydrogen) atoms. The van der Waals surface area contributed by atoms with Crippen LogP contribution in [0.1, 0.15) is 42.0 Å². The van der Waals surface area contributed by atoms with E-state index in [0.29, 0.717) is 17.0 Å². The van der Waals surface area contributed by atoms with Gasteiger partial charge in [-0.05, 0) is 48.6 Å². The molecule has 0 saturated heterocycles. The molecule has 0 aromatic heterocycles. The topological polar surface area (TPSA) is 46.6 Å². The zero-order valence-electron chi connectivity index (χ0n) is 15.8. The smallest absolute Gasteiger partial charge is 0.243 e. The molecule has 0 aliphatic carbocycles. The van der Waals surface area contributed by atoms with E-state index in [1.54, 1.807) is 27.1 Å². The second-order valence-corrected chi connectivity index (χ2v) is 8.77. The van der Waals surface area contributed by atoms with Gasteiger partial charge in [0.2, 0.25) is 10.0 Å². The van der Waals surface area contributed by atoms with E-state index < -0.39 is 10.0 Å². The number of nitrogens with zero attached hydrogens (tertiary/aromatic N) is 1. The largest absolute Gasteiger partial charge is 0.496 e. The molecule has 136 valence electrons. The Balaban J connectivity index is 2.41. The number of benzene rings is 2. The Kier molecular flexibility index (Phi) is 5.91. The Hall–Kier alpha value is -1.85. The summed E-state index contributed by atoms with van der Waals surface area (Å²) in [5.41, 5.74) is 3.71. The lowest BCUT2D eigenvalue weighted by atomic mass is 10.0. The Morgan fingerprint density at radius 2 is 1.68 bits per heavy atom. The molecular weight excluding hydrogens is 334 g/mol. The average molecular weight is 362 g/mol. The number of ether oxygens (including phenoxy) is 1. The minimum absolute atomic E-state index is 0.173. The molecule has 0 radical (unpaired) electrons. The molecule has 2 aromatic rings. The fourth-order valence-electron chi connectivity index (χ4n) is 2.79. The van der Waals surface area contributed by atoms with E-state index in [4.69, 9.17) is 4.74 Å². The van der Waals surface area contributed by atoms with Crippen molar-refractivity contribution in [2.45, 2.75) is 45.1 Å². The summed E-state index contributed by atoms with van der Waals surface area (Å²) in [6.07, 6.45) is 0. The van der Waals surface area contributed by atoms with Gasteiger partial charge < -0.3 is 4.74 Å². The van der Waals surface area contributed by atoms with E-state index >= 15 is 0 Å². The van der Waals surface area contributed by atoms with Crippen LogP contribution in [0.3, 0.4) is 0 Å². The molecule has 5 heteroatoms. The third-order valence-electron chi connectivity index (χ3n) is 4.36. The summed E-state index contributed by atoms with van der Waals surface area (Å²) in [7, 11) is -0.353. The quantitative estimate of drug-likeness (QED) is 0.772. The van der Waals surface area contributed by atoms with Gasteiger partial charge >= 0.3 is 0 Å². The molecule has 0 bridgehead atoms. The number of hydrogen-bond donors (Lipinski definition) is 0. The Labute approximate surface area is 151 Å². The van der Waals surface area contributed by atoms with Gasteiger partial charge in [0.15, 0.2) is 0 Å². The lowest BCUT2D eigenvalue weighted by Gasteiger charge is -2.21. The molecule has 0 unspecified atom stereocenters. The van der Waals surface area contributed by atoms with E-state index in [1.165, 1.54) is 4.31 Å². The van der Waals surface area contributed by atoms with Crippen LogP contribution < -0.4 is 4.74 Å². The summed E-state index contributed by atoms with van der Waals surface area (Å²) in [4.78, 5) is 0.339. The van der Waals surface area contributed by atoms with Crippen molar-refractivity contribution in [3.63, 3.8) is 0 Å². The Morgan fingerprint density at radius 3 is 2.20 bits per heavy atom. The number of hydrogen-bond acceptors (Lipinski definition) is 3. The highest BCUT2D eigenvalue weighted by molar-refractivity contribution is 7.89. The van der Waals surface area contributed by atoms with Crippen LogP contribution in [0.2, 0.25) is 0 Å². The van der Waals surface area contributed by atoms with Crippen molar-refractivity contribution < 1.29 is 13.2 Å². The van der Waals surface area contributed by atoms with Crippen molar-refractivity contribution in [2.24, 2.45) is 0 Å². The van der Waals surface area contributed by atoms with Gasteiger partial charge in [-0.15, -0.1) is 0 Å². The molecule has 0 amide bonds. The Morgan fingerprint density at radius 1 is 1.08 bits per heavy atom. The molecule has 0 saturated carbocycles. The molecular formula is C20H27NO3S. The van der Waals surface area contributed by atoms with Gasteiger partial charge in [-0.2, -0.15) is 4.31 Å². The molecule has 0 N–H and O–H groups in total. The molecule has 0 fully saturated rings. The van der Waals surface area contributed by atoms with Crippen molar-refractivity contribution >= 4 is 10.0 Å². The first-order chi connectivity index (χ1) is 11.7. The summed E-state index contributed by atoms with van der Waals surface area (Å²) in [5, 5.41) is 0. The van der Waals surface area contributed by atoms with Crippen LogP contribution in [0.25, 0.3) is 0 Å². The van der Waals surface area contributed by atoms with Gasteiger partial charge in [-0.25, -0.2) is 8.42 Å². The average Bonchev–Trinajstić information content (AvgIpc) is 2.55. The fraction of sp³-hybridized carbons (Fsp3) is 0.400. The zero-order valence-corrected chi connectivity index (χ0v) is 16.6. The number of aryl methyl sites for hydroxylation is 2. The van der Waals surface area contributed by atoms with Crippen molar-refractivity contribution in [2.75, 3.05) is 14.2 Å². The van der Waals surface area contributed by atoms with E-state index in [0.717, 1.165) is 22.4 Å². The summed E-state index contributed by atoms with van der Waals surface area (Å²) in [5.74, 6) is 0.902. The van der Waals surface area contributed by atoms with Crippen LogP contribution in [-0.2, 0) is 16.6 Å². The van der Waals surface area contributed by atoms with Crippen molar-refractivity contribution in [1.29, 1.82) is 0 Å². The lowest BCUT2D eigenvalue weighted by molar-refractivity contribution is 0.406. The monoisotopic (exact) mass is 361 g/mol. The first-order valence-electron chi connectivity index (χ1n) is 8.37. The van der Waals surface area contributed by atoms with Crippen LogP contribution in [0, 0.1) is 13.8 Å². The minimum Gasteiger partial charge on any atom is -0.496 e. The maximum atomic E-state index is 13.1. The fourth-order valence-corrected chi connectivity index (χ4v) is 4.18. The van der Waals surface area contributed by atoms with Crippen molar-refractivity contribution in [1.82, 2.24) is 4.31 Å². The highest BCUT2D eigenvalue weighted by Crippen LogP contribution is 2.32. The van der Waals surface area contributed by atoms with Gasteiger partial charge in [-0.1, -0.05) is 43.7 Å². The van der Waals surface area contributed by atoms with Crippen LogP contribution in [0.15, 0.2) is 41.3 Å². The van der Waals surface area contributed by atoms with E-state index in [1.807, 2.05) is 51.1 Å². The maximum absolute atomic E-state index is 13.1. The molecule has 2 aromatic carbocycles. The second-order valence-electron chi connectivity index (χ2n) is 6.76. The molecule has 0 atom stereocenters. The normalized spacial score (nSPS) is 12.0. The molecule has 0 aliphatic rings.